The molecule has 0 saturated heterocycles. The Hall–Kier alpha value is -2.84. The van der Waals surface area contributed by atoms with Gasteiger partial charge in [0.05, 0.1) is 28.8 Å². The molecule has 0 spiro atoms. The number of rotatable bonds is 8. The first kappa shape index (κ1) is 19.9. The van der Waals surface area contributed by atoms with E-state index in [0.29, 0.717) is 19.4 Å². The van der Waals surface area contributed by atoms with Crippen molar-refractivity contribution in [2.24, 2.45) is 0 Å². The molecule has 28 heavy (non-hydrogen) atoms. The molecule has 1 heterocycles. The van der Waals surface area contributed by atoms with Crippen molar-refractivity contribution < 1.29 is 9.53 Å². The summed E-state index contributed by atoms with van der Waals surface area (Å²) in [4.78, 5) is 16.6. The van der Waals surface area contributed by atoms with E-state index in [1.807, 2.05) is 42.5 Å². The highest BCUT2D eigenvalue weighted by atomic mass is 32.1. The summed E-state index contributed by atoms with van der Waals surface area (Å²) in [5, 5.41) is 2.95. The molecular weight excluding hydrogens is 368 g/mol. The molecule has 1 aromatic heterocycles. The van der Waals surface area contributed by atoms with E-state index in [4.69, 9.17) is 4.74 Å². The zero-order valence-corrected chi connectivity index (χ0v) is 16.8. The third kappa shape index (κ3) is 6.11. The molecule has 0 atom stereocenters. The molecule has 5 heteroatoms. The molecule has 144 valence electrons. The van der Waals surface area contributed by atoms with E-state index in [2.05, 4.69) is 29.1 Å². The van der Waals surface area contributed by atoms with Crippen LogP contribution in [0.3, 0.4) is 0 Å². The lowest BCUT2D eigenvalue weighted by Gasteiger charge is -2.08. The third-order valence-electron chi connectivity index (χ3n) is 4.15. The van der Waals surface area contributed by atoms with E-state index in [0.717, 1.165) is 40.1 Å². The molecular formula is C23H24N2O2S. The van der Waals surface area contributed by atoms with Crippen molar-refractivity contribution in [3.05, 3.63) is 53.5 Å². The number of amides is 1. The number of anilines is 1. The number of aromatic nitrogens is 1. The molecule has 1 N–H and O–H groups in total. The van der Waals surface area contributed by atoms with Gasteiger partial charge in [0.15, 0.2) is 0 Å². The first-order valence-corrected chi connectivity index (χ1v) is 10.4. The first-order valence-electron chi connectivity index (χ1n) is 9.55. The largest absolute Gasteiger partial charge is 0.493 e. The number of ether oxygens (including phenoxy) is 1. The summed E-state index contributed by atoms with van der Waals surface area (Å²) in [6, 6.07) is 13.4. The van der Waals surface area contributed by atoms with Crippen molar-refractivity contribution in [3.8, 4) is 17.6 Å². The second kappa shape index (κ2) is 10.5. The minimum atomic E-state index is -0.0530. The van der Waals surface area contributed by atoms with Gasteiger partial charge in [-0.3, -0.25) is 4.79 Å². The van der Waals surface area contributed by atoms with Crippen LogP contribution in [0.1, 0.15) is 38.2 Å². The number of benzene rings is 2. The monoisotopic (exact) mass is 392 g/mol. The summed E-state index contributed by atoms with van der Waals surface area (Å²) in [6.45, 7) is 2.72. The van der Waals surface area contributed by atoms with Crippen LogP contribution in [0, 0.1) is 11.8 Å². The molecule has 3 rings (SSSR count). The van der Waals surface area contributed by atoms with Gasteiger partial charge in [0.25, 0.3) is 0 Å². The first-order chi connectivity index (χ1) is 13.7. The molecule has 0 bridgehead atoms. The molecule has 0 fully saturated rings. The summed E-state index contributed by atoms with van der Waals surface area (Å²) in [6.07, 6.45) is 4.29. The Morgan fingerprint density at radius 3 is 2.96 bits per heavy atom. The topological polar surface area (TPSA) is 51.2 Å². The fourth-order valence-corrected chi connectivity index (χ4v) is 3.45. The van der Waals surface area contributed by atoms with Gasteiger partial charge in [0.2, 0.25) is 5.91 Å². The summed E-state index contributed by atoms with van der Waals surface area (Å²) in [7, 11) is 0. The van der Waals surface area contributed by atoms with Gasteiger partial charge in [0, 0.05) is 18.5 Å². The van der Waals surface area contributed by atoms with Crippen LogP contribution in [-0.4, -0.2) is 17.5 Å². The van der Waals surface area contributed by atoms with Crippen molar-refractivity contribution in [1.29, 1.82) is 0 Å². The van der Waals surface area contributed by atoms with Gasteiger partial charge in [-0.1, -0.05) is 31.4 Å². The number of nitrogens with zero attached hydrogens (tertiary/aromatic N) is 1. The van der Waals surface area contributed by atoms with Crippen molar-refractivity contribution in [1.82, 2.24) is 4.98 Å². The zero-order valence-electron chi connectivity index (χ0n) is 16.0. The number of unbranched alkanes of at least 4 members (excludes halogenated alkanes) is 2. The average molecular weight is 393 g/mol. The third-order valence-corrected chi connectivity index (χ3v) is 4.95. The molecule has 1 amide bonds. The van der Waals surface area contributed by atoms with Crippen molar-refractivity contribution in [2.75, 3.05) is 11.9 Å². The van der Waals surface area contributed by atoms with Crippen LogP contribution >= 0.6 is 11.3 Å². The fourth-order valence-electron chi connectivity index (χ4n) is 2.73. The van der Waals surface area contributed by atoms with Gasteiger partial charge in [-0.25, -0.2) is 4.98 Å². The van der Waals surface area contributed by atoms with Crippen LogP contribution in [0.2, 0.25) is 0 Å². The minimum Gasteiger partial charge on any atom is -0.493 e. The Morgan fingerprint density at radius 1 is 1.18 bits per heavy atom. The normalized spacial score (nSPS) is 10.3. The number of nitrogens with one attached hydrogen (secondary N) is 1. The Morgan fingerprint density at radius 2 is 2.07 bits per heavy atom. The Labute approximate surface area is 170 Å². The lowest BCUT2D eigenvalue weighted by atomic mass is 10.1. The lowest BCUT2D eigenvalue weighted by molar-refractivity contribution is -0.115. The number of carbonyl (C=O) groups excluding carboxylic acids is 1. The maximum atomic E-state index is 12.4. The molecule has 0 aliphatic carbocycles. The summed E-state index contributed by atoms with van der Waals surface area (Å²) in [5.41, 5.74) is 4.46. The second-order valence-electron chi connectivity index (χ2n) is 6.46. The summed E-state index contributed by atoms with van der Waals surface area (Å²) >= 11 is 1.56. The molecule has 4 nitrogen and oxygen atoms in total. The van der Waals surface area contributed by atoms with E-state index in [1.54, 1.807) is 16.8 Å². The van der Waals surface area contributed by atoms with E-state index < -0.39 is 0 Å². The number of hydrogen-bond acceptors (Lipinski definition) is 4. The quantitative estimate of drug-likeness (QED) is 0.410. The Kier molecular flexibility index (Phi) is 7.45. The molecule has 2 aromatic carbocycles. The maximum Gasteiger partial charge on any atom is 0.228 e. The van der Waals surface area contributed by atoms with Crippen LogP contribution < -0.4 is 10.1 Å². The standard InChI is InChI=1S/C23H24N2O2S/c1-2-3-4-5-6-7-13-27-20-10-8-9-18(14-20)15-23(26)25-19-11-12-21-22(16-19)28-17-24-21/h8-12,14,16-17H,2-4,7,13,15H2,1H3,(H,25,26). The lowest BCUT2D eigenvalue weighted by Crippen LogP contribution is -2.14. The van der Waals surface area contributed by atoms with Crippen LogP contribution in [-0.2, 0) is 11.2 Å². The highest BCUT2D eigenvalue weighted by Crippen LogP contribution is 2.22. The number of thiazole rings is 1. The second-order valence-corrected chi connectivity index (χ2v) is 7.35. The van der Waals surface area contributed by atoms with Gasteiger partial charge in [-0.2, -0.15) is 0 Å². The van der Waals surface area contributed by atoms with E-state index >= 15 is 0 Å². The minimum absolute atomic E-state index is 0.0530. The predicted octanol–water partition coefficient (Wildman–Crippen LogP) is 5.44. The number of fused-ring (bicyclic) bond motifs is 1. The molecule has 0 saturated carbocycles. The van der Waals surface area contributed by atoms with Crippen LogP contribution in [0.5, 0.6) is 5.75 Å². The summed E-state index contributed by atoms with van der Waals surface area (Å²) in [5.74, 6) is 7.01. The van der Waals surface area contributed by atoms with E-state index in [9.17, 15) is 4.79 Å². The molecule has 3 aromatic rings. The maximum absolute atomic E-state index is 12.4. The molecule has 0 aliphatic rings. The van der Waals surface area contributed by atoms with Gasteiger partial charge >= 0.3 is 0 Å². The molecule has 0 unspecified atom stereocenters. The van der Waals surface area contributed by atoms with Crippen LogP contribution in [0.4, 0.5) is 5.69 Å². The molecule has 0 radical (unpaired) electrons. The highest BCUT2D eigenvalue weighted by molar-refractivity contribution is 7.16. The van der Waals surface area contributed by atoms with Gasteiger partial charge < -0.3 is 10.1 Å². The van der Waals surface area contributed by atoms with Gasteiger partial charge in [0.1, 0.15) is 5.75 Å². The summed E-state index contributed by atoms with van der Waals surface area (Å²) < 4.78 is 6.81. The van der Waals surface area contributed by atoms with Crippen LogP contribution in [0.15, 0.2) is 48.0 Å². The van der Waals surface area contributed by atoms with E-state index in [-0.39, 0.29) is 5.91 Å². The Bertz CT molecular complexity index is 985. The zero-order chi connectivity index (χ0) is 19.6. The molecule has 0 aliphatic heterocycles. The highest BCUT2D eigenvalue weighted by Gasteiger charge is 2.07. The number of carbonyl (C=O) groups is 1. The van der Waals surface area contributed by atoms with Gasteiger partial charge in [-0.15, -0.1) is 17.3 Å². The fraction of sp³-hybridized carbons (Fsp3) is 0.304. The Balaban J connectivity index is 1.49. The van der Waals surface area contributed by atoms with E-state index in [1.165, 1.54) is 6.42 Å². The van der Waals surface area contributed by atoms with Crippen molar-refractivity contribution in [3.63, 3.8) is 0 Å². The van der Waals surface area contributed by atoms with Crippen molar-refractivity contribution >= 4 is 33.1 Å². The van der Waals surface area contributed by atoms with Crippen molar-refractivity contribution in [2.45, 2.75) is 39.0 Å². The number of hydrogen-bond donors (Lipinski definition) is 1. The average Bonchev–Trinajstić information content (AvgIpc) is 3.15. The van der Waals surface area contributed by atoms with Crippen LogP contribution in [0.25, 0.3) is 10.2 Å². The SMILES string of the molecule is CCCCC#CCCOc1cccc(CC(=O)Nc2ccc3ncsc3c2)c1. The van der Waals surface area contributed by atoms with Gasteiger partial charge in [-0.05, 0) is 42.3 Å². The smallest absolute Gasteiger partial charge is 0.228 e. The predicted molar refractivity (Wildman–Crippen MR) is 116 cm³/mol.